The number of anilines is 2. The number of amides is 1. The summed E-state index contributed by atoms with van der Waals surface area (Å²) in [6.45, 7) is 12.3. The summed E-state index contributed by atoms with van der Waals surface area (Å²) in [6.07, 6.45) is 4.90. The second kappa shape index (κ2) is 11.4. The smallest absolute Gasteiger partial charge is 0.303 e. The minimum atomic E-state index is -0.840. The van der Waals surface area contributed by atoms with Gasteiger partial charge in [-0.15, -0.1) is 0 Å². The number of hydrogen-bond acceptors (Lipinski definition) is 5. The third-order valence-electron chi connectivity index (χ3n) is 4.84. The van der Waals surface area contributed by atoms with Crippen LogP contribution < -0.4 is 10.2 Å². The van der Waals surface area contributed by atoms with E-state index in [-0.39, 0.29) is 24.7 Å². The number of carboxylic acids is 1. The molecule has 0 unspecified atom stereocenters. The maximum atomic E-state index is 12.8. The number of carboxylic acid groups (broad SMARTS) is 1. The quantitative estimate of drug-likeness (QED) is 0.554. The fourth-order valence-corrected chi connectivity index (χ4v) is 3.57. The van der Waals surface area contributed by atoms with E-state index in [1.165, 1.54) is 6.33 Å². The largest absolute Gasteiger partial charge is 0.481 e. The molecule has 0 aliphatic rings. The number of benzene rings is 1. The first-order valence-corrected chi connectivity index (χ1v) is 10.8. The van der Waals surface area contributed by atoms with Crippen molar-refractivity contribution in [3.63, 3.8) is 0 Å². The Hall–Kier alpha value is -2.96. The molecule has 1 amide bonds. The van der Waals surface area contributed by atoms with Crippen molar-refractivity contribution in [2.24, 2.45) is 11.8 Å². The van der Waals surface area contributed by atoms with E-state index in [9.17, 15) is 14.7 Å². The molecule has 1 aromatic heterocycles. The molecule has 7 heteroatoms. The molecule has 1 atom stereocenters. The van der Waals surface area contributed by atoms with E-state index in [1.807, 2.05) is 25.1 Å². The van der Waals surface area contributed by atoms with Crippen LogP contribution >= 0.6 is 0 Å². The van der Waals surface area contributed by atoms with Crippen LogP contribution in [0, 0.1) is 11.8 Å². The van der Waals surface area contributed by atoms with Crippen molar-refractivity contribution in [3.8, 4) is 0 Å². The van der Waals surface area contributed by atoms with Crippen LogP contribution in [0.3, 0.4) is 0 Å². The molecule has 0 bridgehead atoms. The van der Waals surface area contributed by atoms with Gasteiger partial charge in [-0.1, -0.05) is 40.7 Å². The summed E-state index contributed by atoms with van der Waals surface area (Å²) in [5, 5.41) is 12.2. The van der Waals surface area contributed by atoms with Gasteiger partial charge in [-0.3, -0.25) is 9.59 Å². The molecule has 0 aliphatic carbocycles. The third kappa shape index (κ3) is 8.00. The molecule has 1 aromatic carbocycles. The lowest BCUT2D eigenvalue weighted by Crippen LogP contribution is -2.32. The van der Waals surface area contributed by atoms with Gasteiger partial charge in [0.05, 0.1) is 24.2 Å². The van der Waals surface area contributed by atoms with E-state index >= 15 is 0 Å². The summed E-state index contributed by atoms with van der Waals surface area (Å²) in [5.41, 5.74) is 3.28. The van der Waals surface area contributed by atoms with Gasteiger partial charge in [0, 0.05) is 25.5 Å². The van der Waals surface area contributed by atoms with Gasteiger partial charge < -0.3 is 15.3 Å². The van der Waals surface area contributed by atoms with Crippen molar-refractivity contribution >= 4 is 23.3 Å². The highest BCUT2D eigenvalue weighted by molar-refractivity contribution is 5.95. The molecular formula is C24H34N4O3. The molecule has 2 rings (SSSR count). The molecule has 0 spiro atoms. The highest BCUT2D eigenvalue weighted by Gasteiger charge is 2.19. The fraction of sp³-hybridized carbons (Fsp3) is 0.500. The van der Waals surface area contributed by atoms with Crippen molar-refractivity contribution in [1.29, 1.82) is 0 Å². The molecule has 7 nitrogen and oxygen atoms in total. The Bertz CT molecular complexity index is 858. The predicted molar refractivity (Wildman–Crippen MR) is 123 cm³/mol. The van der Waals surface area contributed by atoms with Gasteiger partial charge >= 0.3 is 5.97 Å². The lowest BCUT2D eigenvalue weighted by molar-refractivity contribution is -0.137. The minimum absolute atomic E-state index is 0.0375. The van der Waals surface area contributed by atoms with Crippen LogP contribution in [0.4, 0.5) is 11.4 Å². The topological polar surface area (TPSA) is 95.4 Å². The highest BCUT2D eigenvalue weighted by atomic mass is 16.4. The molecule has 0 radical (unpaired) electrons. The lowest BCUT2D eigenvalue weighted by atomic mass is 9.96. The van der Waals surface area contributed by atoms with Crippen LogP contribution in [0.25, 0.3) is 0 Å². The molecule has 31 heavy (non-hydrogen) atoms. The van der Waals surface area contributed by atoms with Gasteiger partial charge in [-0.05, 0) is 41.0 Å². The lowest BCUT2D eigenvalue weighted by Gasteiger charge is -2.31. The Morgan fingerprint density at radius 2 is 1.65 bits per heavy atom. The first-order valence-electron chi connectivity index (χ1n) is 10.8. The number of carbonyl (C=O) groups is 2. The van der Waals surface area contributed by atoms with Crippen LogP contribution in [-0.4, -0.2) is 40.0 Å². The summed E-state index contributed by atoms with van der Waals surface area (Å²) >= 11 is 0. The van der Waals surface area contributed by atoms with E-state index in [1.54, 1.807) is 12.4 Å². The molecule has 0 saturated heterocycles. The minimum Gasteiger partial charge on any atom is -0.481 e. The fourth-order valence-electron chi connectivity index (χ4n) is 3.57. The van der Waals surface area contributed by atoms with E-state index < -0.39 is 5.97 Å². The van der Waals surface area contributed by atoms with Gasteiger partial charge in [-0.2, -0.15) is 0 Å². The van der Waals surface area contributed by atoms with Crippen molar-refractivity contribution in [3.05, 3.63) is 48.0 Å². The van der Waals surface area contributed by atoms with Crippen LogP contribution in [0.1, 0.15) is 58.1 Å². The first kappa shape index (κ1) is 24.3. The molecular weight excluding hydrogens is 392 g/mol. The number of aromatic nitrogens is 2. The number of nitrogens with zero attached hydrogens (tertiary/aromatic N) is 3. The van der Waals surface area contributed by atoms with Gasteiger partial charge in [0.2, 0.25) is 5.91 Å². The Labute approximate surface area is 184 Å². The third-order valence-corrected chi connectivity index (χ3v) is 4.84. The van der Waals surface area contributed by atoms with Crippen LogP contribution in [0.15, 0.2) is 36.9 Å². The number of hydrogen-bond donors (Lipinski definition) is 2. The maximum Gasteiger partial charge on any atom is 0.303 e. The van der Waals surface area contributed by atoms with Crippen LogP contribution in [-0.2, 0) is 16.0 Å². The normalized spacial score (nSPS) is 12.1. The van der Waals surface area contributed by atoms with Crippen LogP contribution in [0.5, 0.6) is 0 Å². The molecule has 0 aliphatic heterocycles. The predicted octanol–water partition coefficient (Wildman–Crippen LogP) is 4.35. The van der Waals surface area contributed by atoms with Gasteiger partial charge in [0.1, 0.15) is 6.33 Å². The van der Waals surface area contributed by atoms with Gasteiger partial charge in [0.25, 0.3) is 0 Å². The zero-order chi connectivity index (χ0) is 23.0. The molecule has 0 saturated carbocycles. The average Bonchev–Trinajstić information content (AvgIpc) is 2.67. The van der Waals surface area contributed by atoms with Crippen molar-refractivity contribution in [2.75, 3.05) is 23.3 Å². The molecule has 1 heterocycles. The standard InChI is InChI=1S/C24H34N4O3/c1-16(2)13-28(14-17(3)4)22-7-6-20(18(5)8-24(30)31)10-21(22)27-23(29)9-19-11-25-15-26-12-19/h6-7,10-12,15-18H,8-9,13-14H2,1-5H3,(H,27,29)(H,30,31)/t18-/m0/s1. The Kier molecular flexibility index (Phi) is 8.97. The highest BCUT2D eigenvalue weighted by Crippen LogP contribution is 2.32. The van der Waals surface area contributed by atoms with Gasteiger partial charge in [0.15, 0.2) is 0 Å². The SMILES string of the molecule is CC(C)CN(CC(C)C)c1ccc([C@@H](C)CC(=O)O)cc1NC(=O)Cc1cncnc1. The second-order valence-corrected chi connectivity index (χ2v) is 8.94. The number of carbonyl (C=O) groups excluding carboxylic acids is 1. The maximum absolute atomic E-state index is 12.8. The number of nitrogens with one attached hydrogen (secondary N) is 1. The summed E-state index contributed by atoms with van der Waals surface area (Å²) in [7, 11) is 0. The second-order valence-electron chi connectivity index (χ2n) is 8.94. The number of aliphatic carboxylic acids is 1. The van der Waals surface area contributed by atoms with Crippen molar-refractivity contribution < 1.29 is 14.7 Å². The summed E-state index contributed by atoms with van der Waals surface area (Å²) in [6, 6.07) is 5.88. The summed E-state index contributed by atoms with van der Waals surface area (Å²) in [5.74, 6) is -0.252. The Morgan fingerprint density at radius 1 is 1.03 bits per heavy atom. The molecule has 168 valence electrons. The van der Waals surface area contributed by atoms with E-state index in [0.29, 0.717) is 17.5 Å². The Balaban J connectivity index is 2.37. The van der Waals surface area contributed by atoms with E-state index in [2.05, 4.69) is 47.9 Å². The summed E-state index contributed by atoms with van der Waals surface area (Å²) < 4.78 is 0. The first-order chi connectivity index (χ1) is 14.7. The monoisotopic (exact) mass is 426 g/mol. The zero-order valence-corrected chi connectivity index (χ0v) is 19.1. The molecule has 2 aromatic rings. The van der Waals surface area contributed by atoms with Crippen molar-refractivity contribution in [1.82, 2.24) is 9.97 Å². The number of rotatable bonds is 11. The Morgan fingerprint density at radius 3 is 2.19 bits per heavy atom. The van der Waals surface area contributed by atoms with Gasteiger partial charge in [-0.25, -0.2) is 9.97 Å². The summed E-state index contributed by atoms with van der Waals surface area (Å²) in [4.78, 5) is 34.2. The van der Waals surface area contributed by atoms with Crippen molar-refractivity contribution in [2.45, 2.75) is 53.4 Å². The zero-order valence-electron chi connectivity index (χ0n) is 19.1. The van der Waals surface area contributed by atoms with E-state index in [0.717, 1.165) is 29.9 Å². The van der Waals surface area contributed by atoms with Crippen LogP contribution in [0.2, 0.25) is 0 Å². The van der Waals surface area contributed by atoms with E-state index in [4.69, 9.17) is 0 Å². The molecule has 0 fully saturated rings. The molecule has 2 N–H and O–H groups in total. The average molecular weight is 427 g/mol.